The van der Waals surface area contributed by atoms with E-state index in [1.807, 2.05) is 24.3 Å². The van der Waals surface area contributed by atoms with E-state index in [9.17, 15) is 24.3 Å². The maximum Gasteiger partial charge on any atom is 0.326 e. The summed E-state index contributed by atoms with van der Waals surface area (Å²) >= 11 is 0. The van der Waals surface area contributed by atoms with Gasteiger partial charge in [0.15, 0.2) is 0 Å². The van der Waals surface area contributed by atoms with Gasteiger partial charge >= 0.3 is 5.97 Å². The van der Waals surface area contributed by atoms with Gasteiger partial charge in [0.2, 0.25) is 17.7 Å². The molecule has 0 radical (unpaired) electrons. The van der Waals surface area contributed by atoms with Crippen molar-refractivity contribution in [3.8, 4) is 0 Å². The third-order valence-corrected chi connectivity index (χ3v) is 5.05. The van der Waals surface area contributed by atoms with Crippen LogP contribution in [0.25, 0.3) is 10.9 Å². The van der Waals surface area contributed by atoms with Gasteiger partial charge in [0.05, 0.1) is 12.5 Å². The normalized spacial score (nSPS) is 13.8. The highest BCUT2D eigenvalue weighted by Gasteiger charge is 2.29. The summed E-state index contributed by atoms with van der Waals surface area (Å²) in [6, 6.07) is 4.01. The van der Waals surface area contributed by atoms with E-state index in [2.05, 4.69) is 15.6 Å². The van der Waals surface area contributed by atoms with E-state index in [1.54, 1.807) is 6.20 Å². The minimum Gasteiger partial charge on any atom is -0.480 e. The zero-order valence-corrected chi connectivity index (χ0v) is 17.7. The Morgan fingerprint density at radius 3 is 2.38 bits per heavy atom. The summed E-state index contributed by atoms with van der Waals surface area (Å²) in [5.74, 6) is -3.54. The number of carboxylic acids is 1. The number of hydrogen-bond acceptors (Lipinski definition) is 6. The van der Waals surface area contributed by atoms with Crippen molar-refractivity contribution in [1.82, 2.24) is 15.6 Å². The second-order valence-corrected chi connectivity index (χ2v) is 7.59. The van der Waals surface area contributed by atoms with Crippen LogP contribution in [0.1, 0.15) is 31.2 Å². The second-order valence-electron chi connectivity index (χ2n) is 7.59. The van der Waals surface area contributed by atoms with E-state index in [0.717, 1.165) is 16.5 Å². The molecule has 3 unspecified atom stereocenters. The fraction of sp³-hybridized carbons (Fsp3) is 0.429. The minimum atomic E-state index is -1.34. The Balaban J connectivity index is 2.04. The van der Waals surface area contributed by atoms with E-state index in [1.165, 1.54) is 0 Å². The number of para-hydroxylation sites is 1. The molecule has 3 atom stereocenters. The lowest BCUT2D eigenvalue weighted by Crippen LogP contribution is -2.55. The van der Waals surface area contributed by atoms with E-state index < -0.39 is 48.2 Å². The molecule has 32 heavy (non-hydrogen) atoms. The summed E-state index contributed by atoms with van der Waals surface area (Å²) < 4.78 is 0. The van der Waals surface area contributed by atoms with E-state index >= 15 is 0 Å². The number of hydrogen-bond donors (Lipinski definition) is 7. The lowest BCUT2D eigenvalue weighted by molar-refractivity contribution is -0.142. The van der Waals surface area contributed by atoms with Crippen LogP contribution in [0.3, 0.4) is 0 Å². The van der Waals surface area contributed by atoms with Crippen LogP contribution in [-0.2, 0) is 25.6 Å². The summed E-state index contributed by atoms with van der Waals surface area (Å²) in [4.78, 5) is 51.2. The van der Waals surface area contributed by atoms with Crippen molar-refractivity contribution in [3.63, 3.8) is 0 Å². The van der Waals surface area contributed by atoms with Gasteiger partial charge in [-0.15, -0.1) is 0 Å². The molecule has 1 heterocycles. The fourth-order valence-corrected chi connectivity index (χ4v) is 3.34. The van der Waals surface area contributed by atoms with Gasteiger partial charge in [-0.1, -0.05) is 18.2 Å². The quantitative estimate of drug-likeness (QED) is 0.193. The van der Waals surface area contributed by atoms with Gasteiger partial charge in [0.25, 0.3) is 0 Å². The fourth-order valence-electron chi connectivity index (χ4n) is 3.34. The van der Waals surface area contributed by atoms with Gasteiger partial charge in [-0.2, -0.15) is 0 Å². The summed E-state index contributed by atoms with van der Waals surface area (Å²) in [5, 5.41) is 15.0. The van der Waals surface area contributed by atoms with Crippen molar-refractivity contribution >= 4 is 34.6 Å². The molecular formula is C21H30N6O5. The first-order valence-electron chi connectivity index (χ1n) is 10.4. The predicted octanol–water partition coefficient (Wildman–Crippen LogP) is -0.904. The molecule has 2 rings (SSSR count). The Morgan fingerprint density at radius 2 is 1.72 bits per heavy atom. The SMILES string of the molecule is NCCCCC(NC(=O)C(CC(N)=O)NC(=O)C(N)Cc1c[nH]c2ccccc12)C(=O)O. The number of amides is 3. The second kappa shape index (κ2) is 11.8. The monoisotopic (exact) mass is 446 g/mol. The molecule has 0 aliphatic rings. The molecule has 0 aliphatic heterocycles. The van der Waals surface area contributed by atoms with E-state index in [4.69, 9.17) is 17.2 Å². The molecular weight excluding hydrogens is 416 g/mol. The number of carbonyl (C=O) groups is 4. The highest BCUT2D eigenvalue weighted by atomic mass is 16.4. The van der Waals surface area contributed by atoms with Gasteiger partial charge in [0.1, 0.15) is 12.1 Å². The molecule has 0 saturated carbocycles. The average Bonchev–Trinajstić information content (AvgIpc) is 3.14. The first kappa shape index (κ1) is 24.8. The van der Waals surface area contributed by atoms with Crippen LogP contribution in [-0.4, -0.2) is 58.5 Å². The summed E-state index contributed by atoms with van der Waals surface area (Å²) in [6.45, 7) is 0.398. The van der Waals surface area contributed by atoms with Crippen molar-refractivity contribution in [2.45, 2.75) is 50.2 Å². The lowest BCUT2D eigenvalue weighted by Gasteiger charge is -2.22. The highest BCUT2D eigenvalue weighted by molar-refractivity contribution is 5.95. The van der Waals surface area contributed by atoms with Crippen molar-refractivity contribution in [3.05, 3.63) is 36.0 Å². The van der Waals surface area contributed by atoms with Gasteiger partial charge in [-0.05, 0) is 43.9 Å². The maximum atomic E-state index is 12.6. The number of aromatic amines is 1. The predicted molar refractivity (Wildman–Crippen MR) is 118 cm³/mol. The lowest BCUT2D eigenvalue weighted by atomic mass is 10.0. The molecule has 1 aromatic carbocycles. The van der Waals surface area contributed by atoms with Gasteiger partial charge in [-0.25, -0.2) is 4.79 Å². The first-order valence-corrected chi connectivity index (χ1v) is 10.4. The third-order valence-electron chi connectivity index (χ3n) is 5.05. The summed E-state index contributed by atoms with van der Waals surface area (Å²) in [6.07, 6.45) is 2.71. The molecule has 0 fully saturated rings. The molecule has 1 aromatic heterocycles. The maximum absolute atomic E-state index is 12.6. The standard InChI is InChI=1S/C21H30N6O5/c22-8-4-3-7-16(21(31)32)26-20(30)17(10-18(24)28)27-19(29)14(23)9-12-11-25-15-6-2-1-5-13(12)15/h1-2,5-6,11,14,16-17,25H,3-4,7-10,22-23H2,(H2,24,28)(H,26,30)(H,27,29)(H,31,32). The van der Waals surface area contributed by atoms with Crippen molar-refractivity contribution in [2.24, 2.45) is 17.2 Å². The first-order chi connectivity index (χ1) is 15.2. The average molecular weight is 447 g/mol. The Kier molecular flexibility index (Phi) is 9.17. The van der Waals surface area contributed by atoms with Crippen molar-refractivity contribution in [1.29, 1.82) is 0 Å². The molecule has 174 valence electrons. The van der Waals surface area contributed by atoms with Gasteiger partial charge in [0, 0.05) is 17.1 Å². The number of nitrogens with two attached hydrogens (primary N) is 3. The van der Waals surface area contributed by atoms with Crippen LogP contribution in [0.5, 0.6) is 0 Å². The number of aromatic nitrogens is 1. The Morgan fingerprint density at radius 1 is 1.03 bits per heavy atom. The molecule has 0 bridgehead atoms. The van der Waals surface area contributed by atoms with E-state index in [0.29, 0.717) is 19.4 Å². The number of carboxylic acid groups (broad SMARTS) is 1. The van der Waals surface area contributed by atoms with Crippen LogP contribution in [0, 0.1) is 0 Å². The van der Waals surface area contributed by atoms with E-state index in [-0.39, 0.29) is 12.8 Å². The Bertz CT molecular complexity index is 959. The van der Waals surface area contributed by atoms with Crippen molar-refractivity contribution in [2.75, 3.05) is 6.54 Å². The Hall–Kier alpha value is -3.44. The zero-order chi connectivity index (χ0) is 23.7. The highest BCUT2D eigenvalue weighted by Crippen LogP contribution is 2.18. The van der Waals surface area contributed by atoms with Crippen LogP contribution in [0.2, 0.25) is 0 Å². The number of unbranched alkanes of at least 4 members (excludes halogenated alkanes) is 1. The largest absolute Gasteiger partial charge is 0.480 e. The Labute approximate surface area is 185 Å². The zero-order valence-electron chi connectivity index (χ0n) is 17.7. The molecule has 2 aromatic rings. The molecule has 10 N–H and O–H groups in total. The summed E-state index contributed by atoms with van der Waals surface area (Å²) in [7, 11) is 0. The van der Waals surface area contributed by atoms with Crippen LogP contribution >= 0.6 is 0 Å². The van der Waals surface area contributed by atoms with Gasteiger partial charge < -0.3 is 37.9 Å². The van der Waals surface area contributed by atoms with Gasteiger partial charge in [-0.3, -0.25) is 14.4 Å². The molecule has 11 heteroatoms. The molecule has 0 spiro atoms. The molecule has 3 amide bonds. The van der Waals surface area contributed by atoms with Crippen LogP contribution < -0.4 is 27.8 Å². The van der Waals surface area contributed by atoms with Crippen molar-refractivity contribution < 1.29 is 24.3 Å². The minimum absolute atomic E-state index is 0.162. The number of aliphatic carboxylic acids is 1. The van der Waals surface area contributed by atoms with Crippen LogP contribution in [0.15, 0.2) is 30.5 Å². The summed E-state index contributed by atoms with van der Waals surface area (Å²) in [5.41, 5.74) is 18.4. The third kappa shape index (κ3) is 7.06. The molecule has 11 nitrogen and oxygen atoms in total. The number of rotatable bonds is 13. The number of carbonyl (C=O) groups excluding carboxylic acids is 3. The topological polar surface area (TPSA) is 206 Å². The number of H-pyrrole nitrogens is 1. The smallest absolute Gasteiger partial charge is 0.326 e. The number of nitrogens with one attached hydrogen (secondary N) is 3. The molecule has 0 aliphatic carbocycles. The number of benzene rings is 1. The van der Waals surface area contributed by atoms with Crippen LogP contribution in [0.4, 0.5) is 0 Å². The molecule has 0 saturated heterocycles. The number of fused-ring (bicyclic) bond motifs is 1. The number of primary amides is 1.